The van der Waals surface area contributed by atoms with E-state index < -0.39 is 0 Å². The summed E-state index contributed by atoms with van der Waals surface area (Å²) in [5, 5.41) is 3.26. The van der Waals surface area contributed by atoms with Crippen molar-refractivity contribution in [3.8, 4) is 0 Å². The first-order valence-electron chi connectivity index (χ1n) is 10.6. The Hall–Kier alpha value is -3.14. The molecule has 154 valence electrons. The molecule has 0 radical (unpaired) electrons. The van der Waals surface area contributed by atoms with Gasteiger partial charge in [0.1, 0.15) is 5.82 Å². The predicted octanol–water partition coefficient (Wildman–Crippen LogP) is 5.89. The van der Waals surface area contributed by atoms with Crippen LogP contribution in [0.4, 0.5) is 9.18 Å². The lowest BCUT2D eigenvalue weighted by molar-refractivity contribution is 0.195. The highest BCUT2D eigenvalue weighted by molar-refractivity contribution is 5.75. The van der Waals surface area contributed by atoms with Gasteiger partial charge in [-0.3, -0.25) is 0 Å². The van der Waals surface area contributed by atoms with E-state index >= 15 is 0 Å². The van der Waals surface area contributed by atoms with Gasteiger partial charge < -0.3 is 10.2 Å². The molecule has 4 rings (SSSR count). The topological polar surface area (TPSA) is 32.3 Å². The first kappa shape index (κ1) is 20.1. The van der Waals surface area contributed by atoms with E-state index in [4.69, 9.17) is 0 Å². The van der Waals surface area contributed by atoms with E-state index in [2.05, 4.69) is 5.32 Å². The van der Waals surface area contributed by atoms with Crippen molar-refractivity contribution in [1.29, 1.82) is 0 Å². The second-order valence-corrected chi connectivity index (χ2v) is 7.89. The summed E-state index contributed by atoms with van der Waals surface area (Å²) in [6.07, 6.45) is 3.05. The number of halogens is 1. The first-order valence-corrected chi connectivity index (χ1v) is 10.6. The van der Waals surface area contributed by atoms with Crippen LogP contribution in [0.1, 0.15) is 47.9 Å². The van der Waals surface area contributed by atoms with Crippen molar-refractivity contribution in [1.82, 2.24) is 10.2 Å². The van der Waals surface area contributed by atoms with Gasteiger partial charge in [0.2, 0.25) is 0 Å². The minimum absolute atomic E-state index is 0.0540. The number of hydrogen-bond donors (Lipinski definition) is 1. The van der Waals surface area contributed by atoms with Gasteiger partial charge in [0, 0.05) is 19.0 Å². The molecule has 1 unspecified atom stereocenters. The molecule has 0 spiro atoms. The first-order chi connectivity index (χ1) is 14.7. The molecular formula is C26H27FN2O. The van der Waals surface area contributed by atoms with Gasteiger partial charge in [-0.05, 0) is 41.7 Å². The summed E-state index contributed by atoms with van der Waals surface area (Å²) in [5.74, 6) is 0.00119. The van der Waals surface area contributed by atoms with Crippen LogP contribution < -0.4 is 5.32 Å². The maximum Gasteiger partial charge on any atom is 0.318 e. The molecule has 1 N–H and O–H groups in total. The van der Waals surface area contributed by atoms with Crippen LogP contribution in [0.3, 0.4) is 0 Å². The quantitative estimate of drug-likeness (QED) is 0.579. The molecule has 0 saturated carbocycles. The highest BCUT2D eigenvalue weighted by Crippen LogP contribution is 2.28. The Balaban J connectivity index is 1.53. The third-order valence-electron chi connectivity index (χ3n) is 5.83. The number of hydrogen-bond acceptors (Lipinski definition) is 1. The molecule has 0 aliphatic carbocycles. The largest absolute Gasteiger partial charge is 0.327 e. The van der Waals surface area contributed by atoms with Crippen LogP contribution in [0.25, 0.3) is 0 Å². The lowest BCUT2D eigenvalue weighted by atomic mass is 9.94. The zero-order chi connectivity index (χ0) is 20.8. The SMILES string of the molecule is O=C(NC(c1ccccc1)c1ccccc1)N1CCCCC(c2ccc(F)cc2)C1. The van der Waals surface area contributed by atoms with Crippen molar-refractivity contribution >= 4 is 6.03 Å². The molecule has 1 aliphatic rings. The Morgan fingerprint density at radius 1 is 0.867 bits per heavy atom. The van der Waals surface area contributed by atoms with Crippen molar-refractivity contribution in [2.45, 2.75) is 31.2 Å². The molecule has 30 heavy (non-hydrogen) atoms. The molecule has 1 saturated heterocycles. The Kier molecular flexibility index (Phi) is 6.43. The summed E-state index contributed by atoms with van der Waals surface area (Å²) in [5.41, 5.74) is 3.21. The van der Waals surface area contributed by atoms with E-state index in [1.807, 2.05) is 77.7 Å². The summed E-state index contributed by atoms with van der Waals surface area (Å²) in [6, 6.07) is 26.6. The van der Waals surface area contributed by atoms with E-state index in [-0.39, 0.29) is 23.8 Å². The average Bonchev–Trinajstić information content (AvgIpc) is 3.05. The molecule has 1 heterocycles. The summed E-state index contributed by atoms with van der Waals surface area (Å²) in [4.78, 5) is 15.2. The molecular weight excluding hydrogens is 375 g/mol. The van der Waals surface area contributed by atoms with E-state index in [0.29, 0.717) is 6.54 Å². The fourth-order valence-corrected chi connectivity index (χ4v) is 4.20. The molecule has 0 aromatic heterocycles. The third-order valence-corrected chi connectivity index (χ3v) is 5.83. The number of likely N-dealkylation sites (tertiary alicyclic amines) is 1. The molecule has 2 amide bonds. The number of carbonyl (C=O) groups excluding carboxylic acids is 1. The molecule has 3 nitrogen and oxygen atoms in total. The van der Waals surface area contributed by atoms with Crippen molar-refractivity contribution in [3.05, 3.63) is 107 Å². The summed E-state index contributed by atoms with van der Waals surface area (Å²) in [7, 11) is 0. The molecule has 1 atom stereocenters. The second kappa shape index (κ2) is 9.57. The lowest BCUT2D eigenvalue weighted by Crippen LogP contribution is -2.43. The van der Waals surface area contributed by atoms with Gasteiger partial charge in [0.15, 0.2) is 0 Å². The van der Waals surface area contributed by atoms with Gasteiger partial charge >= 0.3 is 6.03 Å². The fraction of sp³-hybridized carbons (Fsp3) is 0.269. The van der Waals surface area contributed by atoms with E-state index in [1.165, 1.54) is 12.1 Å². The number of urea groups is 1. The van der Waals surface area contributed by atoms with Crippen molar-refractivity contribution < 1.29 is 9.18 Å². The van der Waals surface area contributed by atoms with Crippen molar-refractivity contribution in [2.75, 3.05) is 13.1 Å². The monoisotopic (exact) mass is 402 g/mol. The van der Waals surface area contributed by atoms with Crippen LogP contribution in [-0.2, 0) is 0 Å². The summed E-state index contributed by atoms with van der Waals surface area (Å²) < 4.78 is 13.3. The van der Waals surface area contributed by atoms with E-state index in [0.717, 1.165) is 42.5 Å². The minimum atomic E-state index is -0.226. The number of rotatable bonds is 4. The predicted molar refractivity (Wildman–Crippen MR) is 118 cm³/mol. The van der Waals surface area contributed by atoms with E-state index in [1.54, 1.807) is 0 Å². The Morgan fingerprint density at radius 2 is 1.47 bits per heavy atom. The normalized spacial score (nSPS) is 16.9. The van der Waals surface area contributed by atoms with Crippen molar-refractivity contribution in [2.24, 2.45) is 0 Å². The lowest BCUT2D eigenvalue weighted by Gasteiger charge is -2.28. The zero-order valence-electron chi connectivity index (χ0n) is 17.0. The van der Waals surface area contributed by atoms with Gasteiger partial charge in [-0.2, -0.15) is 0 Å². The third kappa shape index (κ3) is 4.88. The molecule has 0 bridgehead atoms. The Morgan fingerprint density at radius 3 is 2.07 bits per heavy atom. The minimum Gasteiger partial charge on any atom is -0.327 e. The highest BCUT2D eigenvalue weighted by Gasteiger charge is 2.25. The van der Waals surface area contributed by atoms with Crippen LogP contribution in [0.5, 0.6) is 0 Å². The zero-order valence-corrected chi connectivity index (χ0v) is 17.0. The van der Waals surface area contributed by atoms with Gasteiger partial charge in [0.05, 0.1) is 6.04 Å². The standard InChI is InChI=1S/C26H27FN2O/c27-24-16-14-20(15-17-24)23-13-7-8-18-29(19-23)26(30)28-25(21-9-3-1-4-10-21)22-11-5-2-6-12-22/h1-6,9-12,14-17,23,25H,7-8,13,18-19H2,(H,28,30). The van der Waals surface area contributed by atoms with Gasteiger partial charge in [-0.1, -0.05) is 79.2 Å². The van der Waals surface area contributed by atoms with E-state index in [9.17, 15) is 9.18 Å². The molecule has 1 fully saturated rings. The Labute approximate surface area is 177 Å². The summed E-state index contributed by atoms with van der Waals surface area (Å²) in [6.45, 7) is 1.38. The maximum atomic E-state index is 13.3. The number of benzene rings is 3. The van der Waals surface area contributed by atoms with Crippen LogP contribution in [0, 0.1) is 5.82 Å². The summed E-state index contributed by atoms with van der Waals surface area (Å²) >= 11 is 0. The number of amides is 2. The van der Waals surface area contributed by atoms with Gasteiger partial charge in [-0.25, -0.2) is 9.18 Å². The smallest absolute Gasteiger partial charge is 0.318 e. The Bertz CT molecular complexity index is 904. The molecule has 3 aromatic rings. The van der Waals surface area contributed by atoms with Crippen LogP contribution >= 0.6 is 0 Å². The molecule has 3 aromatic carbocycles. The molecule has 1 aliphatic heterocycles. The fourth-order valence-electron chi connectivity index (χ4n) is 4.20. The van der Waals surface area contributed by atoms with Gasteiger partial charge in [0.25, 0.3) is 0 Å². The average molecular weight is 403 g/mol. The van der Waals surface area contributed by atoms with Crippen molar-refractivity contribution in [3.63, 3.8) is 0 Å². The molecule has 4 heteroatoms. The number of carbonyl (C=O) groups is 1. The highest BCUT2D eigenvalue weighted by atomic mass is 19.1. The van der Waals surface area contributed by atoms with Crippen LogP contribution in [0.15, 0.2) is 84.9 Å². The number of nitrogens with zero attached hydrogens (tertiary/aromatic N) is 1. The second-order valence-electron chi connectivity index (χ2n) is 7.89. The van der Waals surface area contributed by atoms with Crippen LogP contribution in [-0.4, -0.2) is 24.0 Å². The van der Waals surface area contributed by atoms with Crippen LogP contribution in [0.2, 0.25) is 0 Å². The maximum absolute atomic E-state index is 13.3. The van der Waals surface area contributed by atoms with Gasteiger partial charge in [-0.15, -0.1) is 0 Å². The number of nitrogens with one attached hydrogen (secondary N) is 1.